The topological polar surface area (TPSA) is 84.2 Å². The van der Waals surface area contributed by atoms with Crippen LogP contribution in [-0.2, 0) is 9.59 Å². The van der Waals surface area contributed by atoms with Gasteiger partial charge in [-0.15, -0.1) is 0 Å². The van der Waals surface area contributed by atoms with Crippen LogP contribution in [0, 0.1) is 11.8 Å². The maximum atomic E-state index is 11.6. The first-order chi connectivity index (χ1) is 8.45. The summed E-state index contributed by atoms with van der Waals surface area (Å²) >= 11 is 0. The van der Waals surface area contributed by atoms with E-state index in [0.29, 0.717) is 12.0 Å². The number of amides is 2. The number of hydrogen-bond acceptors (Lipinski definition) is 3. The van der Waals surface area contributed by atoms with Crippen LogP contribution in [0.15, 0.2) is 0 Å². The summed E-state index contributed by atoms with van der Waals surface area (Å²) < 4.78 is 0. The predicted molar refractivity (Wildman–Crippen MR) is 70.8 cm³/mol. The van der Waals surface area contributed by atoms with Gasteiger partial charge in [-0.05, 0) is 24.7 Å². The molecule has 0 aromatic carbocycles. The van der Waals surface area contributed by atoms with Crippen LogP contribution in [0.5, 0.6) is 0 Å². The molecule has 2 amide bonds. The summed E-state index contributed by atoms with van der Waals surface area (Å²) in [6.45, 7) is 5.92. The normalized spacial score (nSPS) is 23.6. The van der Waals surface area contributed by atoms with Gasteiger partial charge >= 0.3 is 0 Å². The highest BCUT2D eigenvalue weighted by atomic mass is 16.2. The van der Waals surface area contributed by atoms with E-state index < -0.39 is 6.04 Å². The lowest BCUT2D eigenvalue weighted by atomic mass is 10.1. The van der Waals surface area contributed by atoms with Crippen molar-refractivity contribution in [3.8, 4) is 0 Å². The summed E-state index contributed by atoms with van der Waals surface area (Å²) in [5.74, 6) is 0.321. The fraction of sp³-hybridized carbons (Fsp3) is 0.846. The quantitative estimate of drug-likeness (QED) is 0.615. The van der Waals surface area contributed by atoms with Gasteiger partial charge in [0, 0.05) is 6.04 Å². The highest BCUT2D eigenvalue weighted by molar-refractivity contribution is 5.87. The largest absolute Gasteiger partial charge is 0.352 e. The van der Waals surface area contributed by atoms with Crippen LogP contribution in [0.2, 0.25) is 0 Å². The Hall–Kier alpha value is -1.10. The van der Waals surface area contributed by atoms with Crippen LogP contribution in [0.3, 0.4) is 0 Å². The third-order valence-corrected chi connectivity index (χ3v) is 3.37. The van der Waals surface area contributed by atoms with Crippen LogP contribution < -0.4 is 16.4 Å². The zero-order chi connectivity index (χ0) is 13.7. The van der Waals surface area contributed by atoms with Crippen molar-refractivity contribution >= 4 is 11.8 Å². The van der Waals surface area contributed by atoms with Gasteiger partial charge in [0.2, 0.25) is 11.8 Å². The molecule has 1 saturated carbocycles. The molecule has 0 aromatic rings. The Bertz CT molecular complexity index is 305. The maximum Gasteiger partial charge on any atom is 0.239 e. The summed E-state index contributed by atoms with van der Waals surface area (Å²) in [4.78, 5) is 23.1. The second kappa shape index (κ2) is 6.73. The Morgan fingerprint density at radius 2 is 2.06 bits per heavy atom. The fourth-order valence-electron chi connectivity index (χ4n) is 1.96. The summed E-state index contributed by atoms with van der Waals surface area (Å²) in [5.41, 5.74) is 5.68. The van der Waals surface area contributed by atoms with E-state index in [2.05, 4.69) is 17.6 Å². The molecule has 18 heavy (non-hydrogen) atoms. The average Bonchev–Trinajstić information content (AvgIpc) is 3.03. The first kappa shape index (κ1) is 15.0. The monoisotopic (exact) mass is 255 g/mol. The number of rotatable bonds is 7. The van der Waals surface area contributed by atoms with E-state index in [1.165, 1.54) is 0 Å². The van der Waals surface area contributed by atoms with E-state index in [9.17, 15) is 9.59 Å². The first-order valence-corrected chi connectivity index (χ1v) is 6.78. The summed E-state index contributed by atoms with van der Waals surface area (Å²) in [7, 11) is 0. The van der Waals surface area contributed by atoms with E-state index >= 15 is 0 Å². The number of nitrogens with two attached hydrogens (primary N) is 1. The van der Waals surface area contributed by atoms with E-state index in [4.69, 9.17) is 5.73 Å². The number of nitrogens with one attached hydrogen (secondary N) is 2. The van der Waals surface area contributed by atoms with Gasteiger partial charge in [-0.1, -0.05) is 27.2 Å². The minimum Gasteiger partial charge on any atom is -0.352 e. The molecule has 1 fully saturated rings. The molecule has 2 unspecified atom stereocenters. The minimum absolute atomic E-state index is 0.0224. The molecule has 0 saturated heterocycles. The molecule has 0 heterocycles. The number of carbonyl (C=O) groups is 2. The maximum absolute atomic E-state index is 11.6. The van der Waals surface area contributed by atoms with E-state index in [0.717, 1.165) is 19.3 Å². The third kappa shape index (κ3) is 4.64. The van der Waals surface area contributed by atoms with Crippen molar-refractivity contribution in [2.75, 3.05) is 6.54 Å². The van der Waals surface area contributed by atoms with Crippen LogP contribution in [-0.4, -0.2) is 30.4 Å². The van der Waals surface area contributed by atoms with Crippen LogP contribution in [0.25, 0.3) is 0 Å². The smallest absolute Gasteiger partial charge is 0.239 e. The Balaban J connectivity index is 2.16. The van der Waals surface area contributed by atoms with Gasteiger partial charge in [-0.2, -0.15) is 0 Å². The fourth-order valence-corrected chi connectivity index (χ4v) is 1.96. The molecule has 0 aliphatic heterocycles. The lowest BCUT2D eigenvalue weighted by Gasteiger charge is -2.15. The first-order valence-electron chi connectivity index (χ1n) is 6.78. The Morgan fingerprint density at radius 1 is 1.39 bits per heavy atom. The summed E-state index contributed by atoms with van der Waals surface area (Å²) in [5, 5.41) is 5.49. The van der Waals surface area contributed by atoms with Gasteiger partial charge in [0.15, 0.2) is 0 Å². The Labute approximate surface area is 109 Å². The number of hydrogen-bond donors (Lipinski definition) is 3. The van der Waals surface area contributed by atoms with Crippen molar-refractivity contribution in [3.63, 3.8) is 0 Å². The molecule has 0 radical (unpaired) electrons. The molecular formula is C13H25N3O2. The Kier molecular flexibility index (Phi) is 5.59. The second-order valence-electron chi connectivity index (χ2n) is 5.45. The van der Waals surface area contributed by atoms with Gasteiger partial charge in [0.05, 0.1) is 12.6 Å². The van der Waals surface area contributed by atoms with Crippen molar-refractivity contribution in [1.29, 1.82) is 0 Å². The molecular weight excluding hydrogens is 230 g/mol. The number of carbonyl (C=O) groups excluding carboxylic acids is 2. The van der Waals surface area contributed by atoms with Gasteiger partial charge in [-0.25, -0.2) is 0 Å². The van der Waals surface area contributed by atoms with Gasteiger partial charge in [-0.3, -0.25) is 9.59 Å². The molecule has 5 nitrogen and oxygen atoms in total. The van der Waals surface area contributed by atoms with Gasteiger partial charge in [0.25, 0.3) is 0 Å². The summed E-state index contributed by atoms with van der Waals surface area (Å²) in [6, 6.07) is -0.236. The lowest BCUT2D eigenvalue weighted by Crippen LogP contribution is -2.47. The van der Waals surface area contributed by atoms with Crippen LogP contribution >= 0.6 is 0 Å². The van der Waals surface area contributed by atoms with Crippen LogP contribution in [0.1, 0.15) is 40.0 Å². The van der Waals surface area contributed by atoms with Crippen molar-refractivity contribution in [2.45, 2.75) is 52.1 Å². The van der Waals surface area contributed by atoms with Gasteiger partial charge < -0.3 is 16.4 Å². The third-order valence-electron chi connectivity index (χ3n) is 3.37. The molecule has 5 heteroatoms. The van der Waals surface area contributed by atoms with Crippen molar-refractivity contribution < 1.29 is 9.59 Å². The molecule has 0 bridgehead atoms. The van der Waals surface area contributed by atoms with Crippen molar-refractivity contribution in [2.24, 2.45) is 17.6 Å². The Morgan fingerprint density at radius 3 is 2.61 bits per heavy atom. The minimum atomic E-state index is -0.549. The molecule has 3 atom stereocenters. The SMILES string of the molecule is CCCC1CC1NC(=O)CNC(=O)[C@@H](N)C(C)C. The zero-order valence-corrected chi connectivity index (χ0v) is 11.5. The average molecular weight is 255 g/mol. The highest BCUT2D eigenvalue weighted by Crippen LogP contribution is 2.34. The molecule has 1 rings (SSSR count). The summed E-state index contributed by atoms with van der Waals surface area (Å²) in [6.07, 6.45) is 3.38. The second-order valence-corrected chi connectivity index (χ2v) is 5.45. The molecule has 4 N–H and O–H groups in total. The zero-order valence-electron chi connectivity index (χ0n) is 11.5. The van der Waals surface area contributed by atoms with Crippen molar-refractivity contribution in [1.82, 2.24) is 10.6 Å². The molecule has 1 aliphatic rings. The molecule has 0 spiro atoms. The lowest BCUT2D eigenvalue weighted by molar-refractivity contribution is -0.127. The highest BCUT2D eigenvalue weighted by Gasteiger charge is 2.37. The molecule has 104 valence electrons. The van der Waals surface area contributed by atoms with E-state index in [-0.39, 0.29) is 24.3 Å². The van der Waals surface area contributed by atoms with E-state index in [1.54, 1.807) is 0 Å². The standard InChI is InChI=1S/C13H25N3O2/c1-4-5-9-6-10(9)16-11(17)7-15-13(18)12(14)8(2)3/h8-10,12H,4-7,14H2,1-3H3,(H,15,18)(H,16,17)/t9?,10?,12-/m0/s1. The van der Waals surface area contributed by atoms with E-state index in [1.807, 2.05) is 13.8 Å². The predicted octanol–water partition coefficient (Wildman–Crippen LogP) is 0.391. The van der Waals surface area contributed by atoms with Crippen molar-refractivity contribution in [3.05, 3.63) is 0 Å². The molecule has 0 aromatic heterocycles. The van der Waals surface area contributed by atoms with Gasteiger partial charge in [0.1, 0.15) is 0 Å². The molecule has 1 aliphatic carbocycles. The van der Waals surface area contributed by atoms with Crippen LogP contribution in [0.4, 0.5) is 0 Å².